The van der Waals surface area contributed by atoms with Crippen molar-refractivity contribution in [2.24, 2.45) is 0 Å². The summed E-state index contributed by atoms with van der Waals surface area (Å²) in [6.45, 7) is 1.26. The molecule has 3 rings (SSSR count). The standard InChI is InChI=1S/C15H14ClN3O2/c16-11-4-5-14(19(20)21)15(8-11)18-7-6-10-2-1-3-13(17)12(10)9-18/h1-5,8H,6-7,9,17H2. The van der Waals surface area contributed by atoms with Gasteiger partial charge in [-0.05, 0) is 35.7 Å². The molecule has 1 aliphatic heterocycles. The highest BCUT2D eigenvalue weighted by Crippen LogP contribution is 2.35. The van der Waals surface area contributed by atoms with Crippen molar-refractivity contribution in [1.82, 2.24) is 0 Å². The van der Waals surface area contributed by atoms with Crippen molar-refractivity contribution in [3.8, 4) is 0 Å². The van der Waals surface area contributed by atoms with E-state index in [1.165, 1.54) is 17.7 Å². The number of nitro benzene ring substituents is 1. The molecule has 0 bridgehead atoms. The molecule has 0 saturated carbocycles. The maximum atomic E-state index is 11.2. The Labute approximate surface area is 127 Å². The van der Waals surface area contributed by atoms with Crippen LogP contribution in [0, 0.1) is 10.1 Å². The predicted molar refractivity (Wildman–Crippen MR) is 83.7 cm³/mol. The van der Waals surface area contributed by atoms with E-state index in [-0.39, 0.29) is 10.6 Å². The second-order valence-electron chi connectivity index (χ2n) is 5.05. The summed E-state index contributed by atoms with van der Waals surface area (Å²) in [5, 5.41) is 11.7. The number of anilines is 2. The molecular weight excluding hydrogens is 290 g/mol. The van der Waals surface area contributed by atoms with Gasteiger partial charge in [0.2, 0.25) is 0 Å². The van der Waals surface area contributed by atoms with E-state index in [1.807, 2.05) is 17.0 Å². The van der Waals surface area contributed by atoms with E-state index in [1.54, 1.807) is 6.07 Å². The van der Waals surface area contributed by atoms with E-state index in [2.05, 4.69) is 6.07 Å². The molecule has 0 unspecified atom stereocenters. The Hall–Kier alpha value is -2.27. The highest BCUT2D eigenvalue weighted by atomic mass is 35.5. The van der Waals surface area contributed by atoms with Gasteiger partial charge >= 0.3 is 0 Å². The molecule has 6 heteroatoms. The molecule has 1 heterocycles. The molecule has 21 heavy (non-hydrogen) atoms. The van der Waals surface area contributed by atoms with Crippen molar-refractivity contribution < 1.29 is 4.92 Å². The van der Waals surface area contributed by atoms with Crippen LogP contribution in [0.3, 0.4) is 0 Å². The van der Waals surface area contributed by atoms with Gasteiger partial charge < -0.3 is 10.6 Å². The van der Waals surface area contributed by atoms with Gasteiger partial charge in [-0.25, -0.2) is 0 Å². The number of nitrogens with two attached hydrogens (primary N) is 1. The average Bonchev–Trinajstić information content (AvgIpc) is 2.47. The minimum absolute atomic E-state index is 0.0670. The van der Waals surface area contributed by atoms with Gasteiger partial charge in [-0.15, -0.1) is 0 Å². The molecule has 0 saturated heterocycles. The fourth-order valence-electron chi connectivity index (χ4n) is 2.72. The van der Waals surface area contributed by atoms with Gasteiger partial charge in [0.1, 0.15) is 5.69 Å². The summed E-state index contributed by atoms with van der Waals surface area (Å²) in [7, 11) is 0. The normalized spacial score (nSPS) is 13.9. The fourth-order valence-corrected chi connectivity index (χ4v) is 2.88. The number of rotatable bonds is 2. The van der Waals surface area contributed by atoms with Crippen LogP contribution < -0.4 is 10.6 Å². The minimum Gasteiger partial charge on any atom is -0.398 e. The van der Waals surface area contributed by atoms with E-state index < -0.39 is 0 Å². The summed E-state index contributed by atoms with van der Waals surface area (Å²) >= 11 is 6.00. The number of nitrogen functional groups attached to an aromatic ring is 1. The quantitative estimate of drug-likeness (QED) is 0.524. The first-order chi connectivity index (χ1) is 10.1. The number of nitro groups is 1. The van der Waals surface area contributed by atoms with Crippen molar-refractivity contribution in [2.75, 3.05) is 17.2 Å². The Morgan fingerprint density at radius 1 is 1.29 bits per heavy atom. The number of halogens is 1. The topological polar surface area (TPSA) is 72.4 Å². The first kappa shape index (κ1) is 13.7. The van der Waals surface area contributed by atoms with Gasteiger partial charge in [0.15, 0.2) is 0 Å². The molecule has 1 aliphatic rings. The smallest absolute Gasteiger partial charge is 0.292 e. The Balaban J connectivity index is 2.02. The van der Waals surface area contributed by atoms with E-state index >= 15 is 0 Å². The zero-order chi connectivity index (χ0) is 15.0. The lowest BCUT2D eigenvalue weighted by molar-refractivity contribution is -0.384. The van der Waals surface area contributed by atoms with E-state index in [0.717, 1.165) is 17.7 Å². The molecule has 0 aromatic heterocycles. The highest BCUT2D eigenvalue weighted by Gasteiger charge is 2.24. The van der Waals surface area contributed by atoms with E-state index in [9.17, 15) is 10.1 Å². The number of nitrogens with zero attached hydrogens (tertiary/aromatic N) is 2. The van der Waals surface area contributed by atoms with Gasteiger partial charge in [-0.3, -0.25) is 10.1 Å². The first-order valence-electron chi connectivity index (χ1n) is 6.61. The summed E-state index contributed by atoms with van der Waals surface area (Å²) < 4.78 is 0. The van der Waals surface area contributed by atoms with Gasteiger partial charge in [-0.1, -0.05) is 23.7 Å². The Kier molecular flexibility index (Phi) is 3.43. The summed E-state index contributed by atoms with van der Waals surface area (Å²) in [5.74, 6) is 0. The molecule has 0 spiro atoms. The lowest BCUT2D eigenvalue weighted by atomic mass is 9.97. The first-order valence-corrected chi connectivity index (χ1v) is 6.99. The third-order valence-corrected chi connectivity index (χ3v) is 4.02. The van der Waals surface area contributed by atoms with Crippen molar-refractivity contribution in [2.45, 2.75) is 13.0 Å². The van der Waals surface area contributed by atoms with Crippen LogP contribution in [0.4, 0.5) is 17.1 Å². The lowest BCUT2D eigenvalue weighted by Crippen LogP contribution is -2.31. The summed E-state index contributed by atoms with van der Waals surface area (Å²) in [6, 6.07) is 10.5. The lowest BCUT2D eigenvalue weighted by Gasteiger charge is -2.31. The van der Waals surface area contributed by atoms with Crippen molar-refractivity contribution in [1.29, 1.82) is 0 Å². The number of fused-ring (bicyclic) bond motifs is 1. The minimum atomic E-state index is -0.379. The van der Waals surface area contributed by atoms with Crippen LogP contribution in [0.15, 0.2) is 36.4 Å². The Morgan fingerprint density at radius 2 is 2.10 bits per heavy atom. The Morgan fingerprint density at radius 3 is 2.86 bits per heavy atom. The van der Waals surface area contributed by atoms with Crippen molar-refractivity contribution in [3.05, 3.63) is 62.7 Å². The van der Waals surface area contributed by atoms with Crippen LogP contribution in [0.1, 0.15) is 11.1 Å². The maximum Gasteiger partial charge on any atom is 0.292 e. The summed E-state index contributed by atoms with van der Waals surface area (Å²) in [4.78, 5) is 12.8. The maximum absolute atomic E-state index is 11.2. The van der Waals surface area contributed by atoms with Crippen LogP contribution in [0.25, 0.3) is 0 Å². The third kappa shape index (κ3) is 2.52. The van der Waals surface area contributed by atoms with Gasteiger partial charge in [0.25, 0.3) is 5.69 Å². The second kappa shape index (κ2) is 5.26. The molecule has 108 valence electrons. The molecule has 0 atom stereocenters. The largest absolute Gasteiger partial charge is 0.398 e. The van der Waals surface area contributed by atoms with Crippen LogP contribution in [-0.4, -0.2) is 11.5 Å². The fraction of sp³-hybridized carbons (Fsp3) is 0.200. The van der Waals surface area contributed by atoms with E-state index in [0.29, 0.717) is 23.8 Å². The molecule has 0 aliphatic carbocycles. The van der Waals surface area contributed by atoms with Crippen molar-refractivity contribution in [3.63, 3.8) is 0 Å². The number of benzene rings is 2. The number of hydrogen-bond donors (Lipinski definition) is 1. The second-order valence-corrected chi connectivity index (χ2v) is 5.48. The molecule has 0 fully saturated rings. The van der Waals surface area contributed by atoms with Gasteiger partial charge in [0, 0.05) is 29.9 Å². The summed E-state index contributed by atoms with van der Waals surface area (Å²) in [5.41, 5.74) is 9.60. The molecule has 0 amide bonds. The number of hydrogen-bond acceptors (Lipinski definition) is 4. The van der Waals surface area contributed by atoms with Gasteiger partial charge in [0.05, 0.1) is 4.92 Å². The molecule has 2 N–H and O–H groups in total. The SMILES string of the molecule is Nc1cccc2c1CN(c1cc(Cl)ccc1[N+](=O)[O-])CC2. The van der Waals surface area contributed by atoms with Crippen LogP contribution in [0.5, 0.6) is 0 Å². The molecule has 5 nitrogen and oxygen atoms in total. The third-order valence-electron chi connectivity index (χ3n) is 3.78. The molecule has 0 radical (unpaired) electrons. The monoisotopic (exact) mass is 303 g/mol. The van der Waals surface area contributed by atoms with Gasteiger partial charge in [-0.2, -0.15) is 0 Å². The highest BCUT2D eigenvalue weighted by molar-refractivity contribution is 6.31. The average molecular weight is 304 g/mol. The predicted octanol–water partition coefficient (Wildman–Crippen LogP) is 3.39. The van der Waals surface area contributed by atoms with Crippen LogP contribution >= 0.6 is 11.6 Å². The molecule has 2 aromatic carbocycles. The summed E-state index contributed by atoms with van der Waals surface area (Å²) in [6.07, 6.45) is 0.810. The Bertz CT molecular complexity index is 718. The molecular formula is C15H14ClN3O2. The van der Waals surface area contributed by atoms with E-state index in [4.69, 9.17) is 17.3 Å². The molecule has 2 aromatic rings. The zero-order valence-electron chi connectivity index (χ0n) is 11.3. The van der Waals surface area contributed by atoms with Crippen LogP contribution in [0.2, 0.25) is 5.02 Å². The van der Waals surface area contributed by atoms with Crippen LogP contribution in [-0.2, 0) is 13.0 Å². The van der Waals surface area contributed by atoms with Crippen molar-refractivity contribution >= 4 is 28.7 Å². The zero-order valence-corrected chi connectivity index (χ0v) is 12.0.